The van der Waals surface area contributed by atoms with Gasteiger partial charge in [0.2, 0.25) is 0 Å². The van der Waals surface area contributed by atoms with E-state index in [0.717, 1.165) is 16.7 Å². The minimum absolute atomic E-state index is 0.141. The molecule has 0 amide bonds. The first-order valence-corrected chi connectivity index (χ1v) is 7.72. The molecule has 0 spiro atoms. The van der Waals surface area contributed by atoms with Crippen LogP contribution in [-0.4, -0.2) is 12.4 Å². The van der Waals surface area contributed by atoms with Crippen LogP contribution in [0.25, 0.3) is 11.0 Å². The number of hydrogen-bond donors (Lipinski definition) is 1. The normalized spacial score (nSPS) is 13.4. The van der Waals surface area contributed by atoms with E-state index in [4.69, 9.17) is 9.15 Å². The summed E-state index contributed by atoms with van der Waals surface area (Å²) in [6, 6.07) is 7.12. The molecule has 0 aliphatic rings. The second-order valence-electron chi connectivity index (χ2n) is 6.46. The van der Waals surface area contributed by atoms with Crippen LogP contribution in [0.3, 0.4) is 0 Å². The van der Waals surface area contributed by atoms with Crippen molar-refractivity contribution in [3.8, 4) is 5.75 Å². The van der Waals surface area contributed by atoms with E-state index in [0.29, 0.717) is 23.9 Å². The fourth-order valence-electron chi connectivity index (χ4n) is 2.17. The van der Waals surface area contributed by atoms with E-state index in [9.17, 15) is 4.79 Å². The molecule has 0 fully saturated rings. The lowest BCUT2D eigenvalue weighted by Crippen LogP contribution is -2.28. The number of benzene rings is 1. The summed E-state index contributed by atoms with van der Waals surface area (Å²) in [6.07, 6.45) is 0. The molecule has 0 N–H and O–H groups in total. The van der Waals surface area contributed by atoms with Crippen LogP contribution in [0.5, 0.6) is 5.75 Å². The number of hydrogen-bond acceptors (Lipinski definition) is 4. The standard InChI is InChI=1S/C17H22O3S/c1-11-7-16(18)20-15-8-13(5-6-14(11)15)19-9-12(10-21)17(2,3)4/h5-8,12,21H,9-10H2,1-4H3. The Labute approximate surface area is 130 Å². The number of fused-ring (bicyclic) bond motifs is 1. The average Bonchev–Trinajstić information content (AvgIpc) is 2.37. The van der Waals surface area contributed by atoms with Crippen molar-refractivity contribution >= 4 is 23.6 Å². The summed E-state index contributed by atoms with van der Waals surface area (Å²) in [5.41, 5.74) is 1.29. The molecular weight excluding hydrogens is 284 g/mol. The summed E-state index contributed by atoms with van der Waals surface area (Å²) in [5.74, 6) is 1.83. The van der Waals surface area contributed by atoms with Crippen LogP contribution in [0.1, 0.15) is 26.3 Å². The van der Waals surface area contributed by atoms with Crippen LogP contribution in [-0.2, 0) is 0 Å². The van der Waals surface area contributed by atoms with Gasteiger partial charge in [0.15, 0.2) is 0 Å². The van der Waals surface area contributed by atoms with Gasteiger partial charge in [-0.25, -0.2) is 4.79 Å². The first-order chi connectivity index (χ1) is 9.81. The Kier molecular flexibility index (Phi) is 4.67. The molecule has 3 nitrogen and oxygen atoms in total. The second-order valence-corrected chi connectivity index (χ2v) is 6.83. The fourth-order valence-corrected chi connectivity index (χ4v) is 2.82. The van der Waals surface area contributed by atoms with E-state index in [1.165, 1.54) is 6.07 Å². The smallest absolute Gasteiger partial charge is 0.336 e. The third kappa shape index (κ3) is 3.82. The van der Waals surface area contributed by atoms with E-state index in [-0.39, 0.29) is 11.0 Å². The van der Waals surface area contributed by atoms with Gasteiger partial charge in [-0.3, -0.25) is 0 Å². The van der Waals surface area contributed by atoms with Crippen LogP contribution in [0.4, 0.5) is 0 Å². The van der Waals surface area contributed by atoms with E-state index in [1.807, 2.05) is 19.1 Å². The molecule has 0 bridgehead atoms. The van der Waals surface area contributed by atoms with Gasteiger partial charge in [-0.05, 0) is 35.8 Å². The molecule has 21 heavy (non-hydrogen) atoms. The van der Waals surface area contributed by atoms with Gasteiger partial charge >= 0.3 is 5.63 Å². The molecule has 0 aliphatic carbocycles. The Morgan fingerprint density at radius 3 is 2.62 bits per heavy atom. The zero-order valence-corrected chi connectivity index (χ0v) is 13.9. The third-order valence-corrected chi connectivity index (χ3v) is 4.26. The number of rotatable bonds is 4. The van der Waals surface area contributed by atoms with Gasteiger partial charge in [0.05, 0.1) is 6.61 Å². The summed E-state index contributed by atoms with van der Waals surface area (Å²) in [7, 11) is 0. The van der Waals surface area contributed by atoms with Gasteiger partial charge in [0.1, 0.15) is 11.3 Å². The molecule has 0 aliphatic heterocycles. The lowest BCUT2D eigenvalue weighted by Gasteiger charge is -2.29. The highest BCUT2D eigenvalue weighted by atomic mass is 32.1. The van der Waals surface area contributed by atoms with Gasteiger partial charge in [-0.2, -0.15) is 12.6 Å². The molecule has 4 heteroatoms. The first kappa shape index (κ1) is 16.0. The van der Waals surface area contributed by atoms with Gasteiger partial charge in [-0.15, -0.1) is 0 Å². The summed E-state index contributed by atoms with van der Waals surface area (Å²) in [6.45, 7) is 9.03. The Bertz CT molecular complexity index is 682. The highest BCUT2D eigenvalue weighted by molar-refractivity contribution is 7.80. The summed E-state index contributed by atoms with van der Waals surface area (Å²) >= 11 is 4.40. The molecule has 0 saturated carbocycles. The van der Waals surface area contributed by atoms with Crippen molar-refractivity contribution in [2.75, 3.05) is 12.4 Å². The molecular formula is C17H22O3S. The first-order valence-electron chi connectivity index (χ1n) is 7.09. The maximum absolute atomic E-state index is 11.4. The van der Waals surface area contributed by atoms with Crippen molar-refractivity contribution in [1.82, 2.24) is 0 Å². The van der Waals surface area contributed by atoms with Gasteiger partial charge in [-0.1, -0.05) is 20.8 Å². The van der Waals surface area contributed by atoms with Crippen LogP contribution < -0.4 is 10.4 Å². The lowest BCUT2D eigenvalue weighted by molar-refractivity contribution is 0.165. The largest absolute Gasteiger partial charge is 0.493 e. The SMILES string of the molecule is Cc1cc(=O)oc2cc(OCC(CS)C(C)(C)C)ccc12. The zero-order valence-electron chi connectivity index (χ0n) is 13.0. The number of thiol groups is 1. The minimum atomic E-state index is -0.333. The molecule has 1 atom stereocenters. The molecule has 0 saturated heterocycles. The van der Waals surface area contributed by atoms with Crippen LogP contribution in [0, 0.1) is 18.3 Å². The molecule has 1 heterocycles. The lowest BCUT2D eigenvalue weighted by atomic mass is 9.82. The van der Waals surface area contributed by atoms with Crippen LogP contribution in [0.15, 0.2) is 33.5 Å². The molecule has 1 aromatic heterocycles. The van der Waals surface area contributed by atoms with Crippen molar-refractivity contribution in [1.29, 1.82) is 0 Å². The highest BCUT2D eigenvalue weighted by Crippen LogP contribution is 2.28. The summed E-state index contributed by atoms with van der Waals surface area (Å²) in [4.78, 5) is 11.4. The van der Waals surface area contributed by atoms with E-state index in [1.54, 1.807) is 6.07 Å². The third-order valence-electron chi connectivity index (χ3n) is 3.82. The van der Waals surface area contributed by atoms with Gasteiger partial charge in [0, 0.05) is 23.4 Å². The maximum Gasteiger partial charge on any atom is 0.336 e. The molecule has 2 aromatic rings. The summed E-state index contributed by atoms with van der Waals surface area (Å²) < 4.78 is 11.1. The van der Waals surface area contributed by atoms with E-state index in [2.05, 4.69) is 33.4 Å². The summed E-state index contributed by atoms with van der Waals surface area (Å²) in [5, 5.41) is 0.934. The quantitative estimate of drug-likeness (QED) is 0.683. The topological polar surface area (TPSA) is 39.4 Å². The minimum Gasteiger partial charge on any atom is -0.493 e. The molecule has 0 radical (unpaired) electrons. The Morgan fingerprint density at radius 1 is 1.29 bits per heavy atom. The Morgan fingerprint density at radius 2 is 2.00 bits per heavy atom. The maximum atomic E-state index is 11.4. The van der Waals surface area contributed by atoms with Gasteiger partial charge in [0.25, 0.3) is 0 Å². The Balaban J connectivity index is 2.22. The zero-order chi connectivity index (χ0) is 15.6. The van der Waals surface area contributed by atoms with Gasteiger partial charge < -0.3 is 9.15 Å². The van der Waals surface area contributed by atoms with Crippen molar-refractivity contribution in [3.05, 3.63) is 40.2 Å². The van der Waals surface area contributed by atoms with E-state index < -0.39 is 0 Å². The predicted octanol–water partition coefficient (Wildman–Crippen LogP) is 4.07. The molecule has 2 rings (SSSR count). The fraction of sp³-hybridized carbons (Fsp3) is 0.471. The number of aryl methyl sites for hydroxylation is 1. The molecule has 114 valence electrons. The van der Waals surface area contributed by atoms with Crippen molar-refractivity contribution < 1.29 is 9.15 Å². The Hall–Kier alpha value is -1.42. The predicted molar refractivity (Wildman–Crippen MR) is 89.5 cm³/mol. The number of ether oxygens (including phenoxy) is 1. The van der Waals surface area contributed by atoms with Crippen molar-refractivity contribution in [3.63, 3.8) is 0 Å². The van der Waals surface area contributed by atoms with Crippen LogP contribution >= 0.6 is 12.6 Å². The highest BCUT2D eigenvalue weighted by Gasteiger charge is 2.24. The van der Waals surface area contributed by atoms with Crippen molar-refractivity contribution in [2.24, 2.45) is 11.3 Å². The van der Waals surface area contributed by atoms with Crippen molar-refractivity contribution in [2.45, 2.75) is 27.7 Å². The molecule has 1 aromatic carbocycles. The van der Waals surface area contributed by atoms with E-state index >= 15 is 0 Å². The second kappa shape index (κ2) is 6.14. The average molecular weight is 306 g/mol. The monoisotopic (exact) mass is 306 g/mol. The van der Waals surface area contributed by atoms with Crippen LogP contribution in [0.2, 0.25) is 0 Å². The molecule has 1 unspecified atom stereocenters.